The van der Waals surface area contributed by atoms with Crippen LogP contribution in [-0.4, -0.2) is 54.7 Å². The summed E-state index contributed by atoms with van der Waals surface area (Å²) in [6.45, 7) is 3.31. The molecule has 1 fully saturated rings. The van der Waals surface area contributed by atoms with Gasteiger partial charge in [0, 0.05) is 37.1 Å². The quantitative estimate of drug-likeness (QED) is 0.561. The fourth-order valence-corrected chi connectivity index (χ4v) is 5.91. The summed E-state index contributed by atoms with van der Waals surface area (Å²) in [5.74, 6) is -0.681. The Morgan fingerprint density at radius 1 is 1.03 bits per heavy atom. The number of hydrogen-bond acceptors (Lipinski definition) is 5. The molecular weight excluding hydrogens is 449 g/mol. The summed E-state index contributed by atoms with van der Waals surface area (Å²) < 4.78 is 40.3. The molecule has 0 unspecified atom stereocenters. The normalized spacial score (nSPS) is 15.5. The molecule has 0 N–H and O–H groups in total. The molecule has 2 heterocycles. The van der Waals surface area contributed by atoms with Gasteiger partial charge < -0.3 is 4.90 Å². The third kappa shape index (κ3) is 4.74. The zero-order valence-corrected chi connectivity index (χ0v) is 19.3. The standard InChI is InChI=1S/C23H24FN3O3S2/c1-2-17-4-6-18(7-5-17)22-25-21(16-31-22)23(28)26-12-3-13-27(15-14-26)32(29,30)20-10-8-19(24)9-11-20/h4-11,16H,2-3,12-15H2,1H3. The lowest BCUT2D eigenvalue weighted by molar-refractivity contribution is 0.0759. The summed E-state index contributed by atoms with van der Waals surface area (Å²) in [6, 6.07) is 12.9. The van der Waals surface area contributed by atoms with Gasteiger partial charge in [0.05, 0.1) is 4.90 Å². The predicted octanol–water partition coefficient (Wildman–Crippen LogP) is 4.05. The summed E-state index contributed by atoms with van der Waals surface area (Å²) in [5.41, 5.74) is 2.59. The monoisotopic (exact) mass is 473 g/mol. The van der Waals surface area contributed by atoms with Crippen molar-refractivity contribution in [2.24, 2.45) is 0 Å². The number of carbonyl (C=O) groups excluding carboxylic acids is 1. The highest BCUT2D eigenvalue weighted by molar-refractivity contribution is 7.89. The Morgan fingerprint density at radius 2 is 1.75 bits per heavy atom. The zero-order valence-electron chi connectivity index (χ0n) is 17.7. The summed E-state index contributed by atoms with van der Waals surface area (Å²) in [7, 11) is -3.74. The van der Waals surface area contributed by atoms with Crippen molar-refractivity contribution in [1.82, 2.24) is 14.2 Å². The SMILES string of the molecule is CCc1ccc(-c2nc(C(=O)N3CCCN(S(=O)(=O)c4ccc(F)cc4)CC3)cs2)cc1. The molecule has 0 radical (unpaired) electrons. The van der Waals surface area contributed by atoms with Crippen LogP contribution in [-0.2, 0) is 16.4 Å². The van der Waals surface area contributed by atoms with Crippen LogP contribution >= 0.6 is 11.3 Å². The molecule has 0 spiro atoms. The van der Waals surface area contributed by atoms with Crippen LogP contribution in [0.2, 0.25) is 0 Å². The summed E-state index contributed by atoms with van der Waals surface area (Å²) >= 11 is 1.42. The first kappa shape index (κ1) is 22.6. The summed E-state index contributed by atoms with van der Waals surface area (Å²) in [5, 5.41) is 2.54. The van der Waals surface area contributed by atoms with Crippen molar-refractivity contribution < 1.29 is 17.6 Å². The molecule has 9 heteroatoms. The van der Waals surface area contributed by atoms with Crippen molar-refractivity contribution >= 4 is 27.3 Å². The van der Waals surface area contributed by atoms with E-state index in [1.54, 1.807) is 10.3 Å². The Morgan fingerprint density at radius 3 is 2.44 bits per heavy atom. The number of aryl methyl sites for hydroxylation is 1. The maximum atomic E-state index is 13.2. The molecule has 1 aromatic heterocycles. The van der Waals surface area contributed by atoms with E-state index in [1.807, 2.05) is 12.1 Å². The van der Waals surface area contributed by atoms with Crippen LogP contribution in [0.3, 0.4) is 0 Å². The van der Waals surface area contributed by atoms with E-state index in [2.05, 4.69) is 24.0 Å². The molecule has 1 aliphatic rings. The van der Waals surface area contributed by atoms with E-state index in [4.69, 9.17) is 0 Å². The number of carbonyl (C=O) groups is 1. The van der Waals surface area contributed by atoms with Crippen LogP contribution in [0, 0.1) is 5.82 Å². The number of sulfonamides is 1. The van der Waals surface area contributed by atoms with Crippen LogP contribution < -0.4 is 0 Å². The minimum Gasteiger partial charge on any atom is -0.336 e. The largest absolute Gasteiger partial charge is 0.336 e. The van der Waals surface area contributed by atoms with Crippen molar-refractivity contribution in [3.05, 3.63) is 71.0 Å². The van der Waals surface area contributed by atoms with Crippen molar-refractivity contribution in [1.29, 1.82) is 0 Å². The average Bonchev–Trinajstić information content (AvgIpc) is 3.16. The van der Waals surface area contributed by atoms with Crippen molar-refractivity contribution in [3.63, 3.8) is 0 Å². The van der Waals surface area contributed by atoms with Gasteiger partial charge in [-0.25, -0.2) is 17.8 Å². The van der Waals surface area contributed by atoms with Gasteiger partial charge in [0.1, 0.15) is 16.5 Å². The fraction of sp³-hybridized carbons (Fsp3) is 0.304. The van der Waals surface area contributed by atoms with E-state index in [0.717, 1.165) is 29.1 Å². The van der Waals surface area contributed by atoms with Gasteiger partial charge >= 0.3 is 0 Å². The van der Waals surface area contributed by atoms with Crippen LogP contribution in [0.1, 0.15) is 29.4 Å². The highest BCUT2D eigenvalue weighted by Gasteiger charge is 2.29. The second-order valence-corrected chi connectivity index (χ2v) is 10.4. The van der Waals surface area contributed by atoms with Gasteiger partial charge in [-0.2, -0.15) is 4.31 Å². The maximum Gasteiger partial charge on any atom is 0.273 e. The average molecular weight is 474 g/mol. The minimum atomic E-state index is -3.74. The lowest BCUT2D eigenvalue weighted by Gasteiger charge is -2.21. The van der Waals surface area contributed by atoms with Gasteiger partial charge in [-0.15, -0.1) is 11.3 Å². The molecule has 168 valence electrons. The van der Waals surface area contributed by atoms with Crippen molar-refractivity contribution in [2.75, 3.05) is 26.2 Å². The number of nitrogens with zero attached hydrogens (tertiary/aromatic N) is 3. The zero-order chi connectivity index (χ0) is 22.7. The minimum absolute atomic E-state index is 0.0527. The highest BCUT2D eigenvalue weighted by Crippen LogP contribution is 2.25. The molecular formula is C23H24FN3O3S2. The molecule has 4 rings (SSSR count). The number of thiazole rings is 1. The number of rotatable bonds is 5. The van der Waals surface area contributed by atoms with Gasteiger partial charge in [0.15, 0.2) is 0 Å². The maximum absolute atomic E-state index is 13.2. The van der Waals surface area contributed by atoms with Gasteiger partial charge in [0.2, 0.25) is 10.0 Å². The Labute approximate surface area is 191 Å². The van der Waals surface area contributed by atoms with E-state index in [-0.39, 0.29) is 23.9 Å². The van der Waals surface area contributed by atoms with E-state index in [0.29, 0.717) is 25.2 Å². The van der Waals surface area contributed by atoms with Gasteiger partial charge in [-0.05, 0) is 42.7 Å². The molecule has 1 amide bonds. The fourth-order valence-electron chi connectivity index (χ4n) is 3.64. The molecule has 2 aromatic carbocycles. The number of halogens is 1. The predicted molar refractivity (Wildman–Crippen MR) is 123 cm³/mol. The van der Waals surface area contributed by atoms with Crippen LogP contribution in [0.5, 0.6) is 0 Å². The summed E-state index contributed by atoms with van der Waals surface area (Å²) in [4.78, 5) is 19.3. The first-order valence-electron chi connectivity index (χ1n) is 10.5. The molecule has 1 aliphatic heterocycles. The first-order chi connectivity index (χ1) is 15.4. The smallest absolute Gasteiger partial charge is 0.273 e. The van der Waals surface area contributed by atoms with Gasteiger partial charge in [-0.1, -0.05) is 31.2 Å². The number of aromatic nitrogens is 1. The molecule has 6 nitrogen and oxygen atoms in total. The Bertz CT molecular complexity index is 1190. The molecule has 0 aliphatic carbocycles. The topological polar surface area (TPSA) is 70.6 Å². The van der Waals surface area contributed by atoms with E-state index in [9.17, 15) is 17.6 Å². The number of amides is 1. The van der Waals surface area contributed by atoms with E-state index >= 15 is 0 Å². The molecule has 3 aromatic rings. The highest BCUT2D eigenvalue weighted by atomic mass is 32.2. The number of benzene rings is 2. The lowest BCUT2D eigenvalue weighted by Crippen LogP contribution is -2.37. The Hall–Kier alpha value is -2.62. The van der Waals surface area contributed by atoms with Crippen LogP contribution in [0.4, 0.5) is 4.39 Å². The van der Waals surface area contributed by atoms with E-state index < -0.39 is 15.8 Å². The molecule has 0 bridgehead atoms. The Kier molecular flexibility index (Phi) is 6.68. The van der Waals surface area contributed by atoms with Gasteiger partial charge in [0.25, 0.3) is 5.91 Å². The third-order valence-electron chi connectivity index (χ3n) is 5.53. The Balaban J connectivity index is 1.45. The number of hydrogen-bond donors (Lipinski definition) is 0. The first-order valence-corrected chi connectivity index (χ1v) is 12.8. The molecule has 1 saturated heterocycles. The second kappa shape index (κ2) is 9.48. The molecule has 0 atom stereocenters. The van der Waals surface area contributed by atoms with Crippen LogP contribution in [0.25, 0.3) is 10.6 Å². The van der Waals surface area contributed by atoms with E-state index in [1.165, 1.54) is 33.3 Å². The molecule has 32 heavy (non-hydrogen) atoms. The second-order valence-electron chi connectivity index (χ2n) is 7.59. The summed E-state index contributed by atoms with van der Waals surface area (Å²) in [6.07, 6.45) is 1.48. The molecule has 0 saturated carbocycles. The van der Waals surface area contributed by atoms with Gasteiger partial charge in [-0.3, -0.25) is 4.79 Å². The van der Waals surface area contributed by atoms with Crippen LogP contribution in [0.15, 0.2) is 58.8 Å². The lowest BCUT2D eigenvalue weighted by atomic mass is 10.1. The van der Waals surface area contributed by atoms with Crippen molar-refractivity contribution in [2.45, 2.75) is 24.7 Å². The third-order valence-corrected chi connectivity index (χ3v) is 8.33. The van der Waals surface area contributed by atoms with Crippen molar-refractivity contribution in [3.8, 4) is 10.6 Å².